The number of likely N-dealkylation sites (N-methyl/N-ethyl adjacent to an activating group) is 1. The molecular formula is C12H20ClN3O3S. The van der Waals surface area contributed by atoms with Crippen LogP contribution in [-0.4, -0.2) is 34.0 Å². The molecular weight excluding hydrogens is 302 g/mol. The Balaban J connectivity index is 0.00000361. The van der Waals surface area contributed by atoms with Gasteiger partial charge in [-0.3, -0.25) is 4.79 Å². The highest BCUT2D eigenvalue weighted by atomic mass is 35.5. The van der Waals surface area contributed by atoms with Crippen molar-refractivity contribution >= 4 is 28.3 Å². The number of aryl methyl sites for hydroxylation is 1. The summed E-state index contributed by atoms with van der Waals surface area (Å²) in [7, 11) is -3.61. The zero-order valence-electron chi connectivity index (χ0n) is 11.5. The van der Waals surface area contributed by atoms with Gasteiger partial charge in [-0.25, -0.2) is 13.1 Å². The van der Waals surface area contributed by atoms with Crippen LogP contribution >= 0.6 is 12.4 Å². The second kappa shape index (κ2) is 8.21. The summed E-state index contributed by atoms with van der Waals surface area (Å²) in [6.07, 6.45) is 0. The van der Waals surface area contributed by atoms with Gasteiger partial charge in [0.05, 0.1) is 4.90 Å². The van der Waals surface area contributed by atoms with Crippen LogP contribution in [0.5, 0.6) is 0 Å². The summed E-state index contributed by atoms with van der Waals surface area (Å²) < 4.78 is 26.4. The SMILES string of the molecule is CCNCCNS(=O)(=O)c1ccc(C)c(C(N)=O)c1.Cl. The van der Waals surface area contributed by atoms with Crippen molar-refractivity contribution in [3.8, 4) is 0 Å². The third-order valence-electron chi connectivity index (χ3n) is 2.63. The lowest BCUT2D eigenvalue weighted by molar-refractivity contribution is 0.0999. The molecule has 0 aliphatic rings. The summed E-state index contributed by atoms with van der Waals surface area (Å²) in [6.45, 7) is 5.25. The van der Waals surface area contributed by atoms with Crippen molar-refractivity contribution in [1.29, 1.82) is 0 Å². The van der Waals surface area contributed by atoms with E-state index in [0.29, 0.717) is 12.1 Å². The summed E-state index contributed by atoms with van der Waals surface area (Å²) in [5.41, 5.74) is 6.07. The molecule has 0 unspecified atom stereocenters. The first-order valence-electron chi connectivity index (χ1n) is 5.99. The molecule has 0 spiro atoms. The van der Waals surface area contributed by atoms with E-state index in [1.54, 1.807) is 13.0 Å². The van der Waals surface area contributed by atoms with Crippen LogP contribution in [0, 0.1) is 6.92 Å². The standard InChI is InChI=1S/C12H19N3O3S.ClH/c1-3-14-6-7-15-19(17,18)10-5-4-9(2)11(8-10)12(13)16;/h4-5,8,14-15H,3,6-7H2,1-2H3,(H2,13,16);1H. The molecule has 8 heteroatoms. The molecule has 0 aliphatic carbocycles. The first-order valence-corrected chi connectivity index (χ1v) is 7.47. The molecule has 0 fully saturated rings. The van der Waals surface area contributed by atoms with E-state index < -0.39 is 15.9 Å². The van der Waals surface area contributed by atoms with Gasteiger partial charge < -0.3 is 11.1 Å². The van der Waals surface area contributed by atoms with Gasteiger partial charge >= 0.3 is 0 Å². The maximum Gasteiger partial charge on any atom is 0.249 e. The van der Waals surface area contributed by atoms with E-state index in [1.807, 2.05) is 6.92 Å². The fourth-order valence-corrected chi connectivity index (χ4v) is 2.63. The number of hydrogen-bond donors (Lipinski definition) is 3. The van der Waals surface area contributed by atoms with Gasteiger partial charge in [-0.1, -0.05) is 13.0 Å². The summed E-state index contributed by atoms with van der Waals surface area (Å²) in [5, 5.41) is 3.01. The Morgan fingerprint density at radius 3 is 2.50 bits per heavy atom. The second-order valence-corrected chi connectivity index (χ2v) is 5.86. The highest BCUT2D eigenvalue weighted by Gasteiger charge is 2.16. The van der Waals surface area contributed by atoms with Crippen LogP contribution < -0.4 is 15.8 Å². The Labute approximate surface area is 125 Å². The molecule has 0 aliphatic heterocycles. The molecule has 0 saturated carbocycles. The number of halogens is 1. The van der Waals surface area contributed by atoms with Gasteiger partial charge in [-0.05, 0) is 31.2 Å². The number of carbonyl (C=O) groups is 1. The van der Waals surface area contributed by atoms with Crippen LogP contribution in [-0.2, 0) is 10.0 Å². The summed E-state index contributed by atoms with van der Waals surface area (Å²) in [6, 6.07) is 4.32. The second-order valence-electron chi connectivity index (χ2n) is 4.09. The molecule has 0 bridgehead atoms. The van der Waals surface area contributed by atoms with Gasteiger partial charge in [0.1, 0.15) is 0 Å². The smallest absolute Gasteiger partial charge is 0.249 e. The van der Waals surface area contributed by atoms with Gasteiger partial charge in [0, 0.05) is 18.7 Å². The third-order valence-corrected chi connectivity index (χ3v) is 4.09. The number of nitrogens with two attached hydrogens (primary N) is 1. The minimum atomic E-state index is -3.61. The van der Waals surface area contributed by atoms with E-state index in [4.69, 9.17) is 5.73 Å². The molecule has 0 saturated heterocycles. The predicted molar refractivity (Wildman–Crippen MR) is 80.7 cm³/mol. The van der Waals surface area contributed by atoms with Crippen molar-refractivity contribution < 1.29 is 13.2 Å². The van der Waals surface area contributed by atoms with Gasteiger partial charge in [-0.15, -0.1) is 12.4 Å². The van der Waals surface area contributed by atoms with Crippen molar-refractivity contribution in [3.05, 3.63) is 29.3 Å². The fourth-order valence-electron chi connectivity index (χ4n) is 1.57. The molecule has 20 heavy (non-hydrogen) atoms. The van der Waals surface area contributed by atoms with Crippen LogP contribution in [0.25, 0.3) is 0 Å². The number of hydrogen-bond acceptors (Lipinski definition) is 4. The van der Waals surface area contributed by atoms with E-state index in [9.17, 15) is 13.2 Å². The molecule has 0 aromatic heterocycles. The number of nitrogens with one attached hydrogen (secondary N) is 2. The summed E-state index contributed by atoms with van der Waals surface area (Å²) in [4.78, 5) is 11.2. The summed E-state index contributed by atoms with van der Waals surface area (Å²) >= 11 is 0. The van der Waals surface area contributed by atoms with Crippen molar-refractivity contribution in [2.75, 3.05) is 19.6 Å². The third kappa shape index (κ3) is 5.09. The molecule has 0 heterocycles. The van der Waals surface area contributed by atoms with Crippen molar-refractivity contribution in [3.63, 3.8) is 0 Å². The molecule has 4 N–H and O–H groups in total. The maximum atomic E-state index is 12.0. The van der Waals surface area contributed by atoms with Gasteiger partial charge in [0.15, 0.2) is 0 Å². The maximum absolute atomic E-state index is 12.0. The van der Waals surface area contributed by atoms with E-state index in [1.165, 1.54) is 12.1 Å². The minimum absolute atomic E-state index is 0. The largest absolute Gasteiger partial charge is 0.366 e. The zero-order valence-corrected chi connectivity index (χ0v) is 13.1. The number of benzene rings is 1. The zero-order chi connectivity index (χ0) is 14.5. The topological polar surface area (TPSA) is 101 Å². The van der Waals surface area contributed by atoms with Gasteiger partial charge in [0.2, 0.25) is 15.9 Å². The number of carbonyl (C=O) groups excluding carboxylic acids is 1. The lowest BCUT2D eigenvalue weighted by Crippen LogP contribution is -2.32. The number of sulfonamides is 1. The first-order chi connectivity index (χ1) is 8.88. The van der Waals surface area contributed by atoms with Crippen LogP contribution in [0.4, 0.5) is 0 Å². The van der Waals surface area contributed by atoms with Crippen molar-refractivity contribution in [2.24, 2.45) is 5.73 Å². The molecule has 1 aromatic carbocycles. The quantitative estimate of drug-likeness (QED) is 0.633. The highest BCUT2D eigenvalue weighted by molar-refractivity contribution is 7.89. The molecule has 1 aromatic rings. The Morgan fingerprint density at radius 2 is 1.95 bits per heavy atom. The van der Waals surface area contributed by atoms with Crippen LogP contribution in [0.1, 0.15) is 22.8 Å². The van der Waals surface area contributed by atoms with E-state index in [0.717, 1.165) is 6.54 Å². The van der Waals surface area contributed by atoms with Gasteiger partial charge in [0.25, 0.3) is 0 Å². The molecule has 0 atom stereocenters. The van der Waals surface area contributed by atoms with Crippen molar-refractivity contribution in [1.82, 2.24) is 10.0 Å². The molecule has 1 rings (SSSR count). The molecule has 6 nitrogen and oxygen atoms in total. The monoisotopic (exact) mass is 321 g/mol. The number of amides is 1. The lowest BCUT2D eigenvalue weighted by Gasteiger charge is -2.09. The Kier molecular flexibility index (Phi) is 7.74. The van der Waals surface area contributed by atoms with Crippen molar-refractivity contribution in [2.45, 2.75) is 18.7 Å². The minimum Gasteiger partial charge on any atom is -0.366 e. The lowest BCUT2D eigenvalue weighted by atomic mass is 10.1. The fraction of sp³-hybridized carbons (Fsp3) is 0.417. The Bertz CT molecular complexity index is 561. The van der Waals surface area contributed by atoms with E-state index >= 15 is 0 Å². The van der Waals surface area contributed by atoms with Crippen LogP contribution in [0.2, 0.25) is 0 Å². The normalized spacial score (nSPS) is 10.9. The molecule has 114 valence electrons. The Morgan fingerprint density at radius 1 is 1.30 bits per heavy atom. The average Bonchev–Trinajstić information content (AvgIpc) is 2.34. The summed E-state index contributed by atoms with van der Waals surface area (Å²) in [5.74, 6) is -0.637. The van der Waals surface area contributed by atoms with Crippen LogP contribution in [0.3, 0.4) is 0 Å². The van der Waals surface area contributed by atoms with Crippen LogP contribution in [0.15, 0.2) is 23.1 Å². The van der Waals surface area contributed by atoms with E-state index in [2.05, 4.69) is 10.0 Å². The van der Waals surface area contributed by atoms with E-state index in [-0.39, 0.29) is 29.4 Å². The average molecular weight is 322 g/mol. The first kappa shape index (κ1) is 18.9. The highest BCUT2D eigenvalue weighted by Crippen LogP contribution is 2.14. The number of primary amides is 1. The molecule has 1 amide bonds. The van der Waals surface area contributed by atoms with Gasteiger partial charge in [-0.2, -0.15) is 0 Å². The Hall–Kier alpha value is -1.15. The number of rotatable bonds is 7. The molecule has 0 radical (unpaired) electrons. The predicted octanol–water partition coefficient (Wildman–Crippen LogP) is 0.404.